The monoisotopic (exact) mass is 606 g/mol. The highest BCUT2D eigenvalue weighted by molar-refractivity contribution is 5.48. The van der Waals surface area contributed by atoms with Crippen LogP contribution in [0.1, 0.15) is 34.1 Å². The number of rotatable bonds is 17. The van der Waals surface area contributed by atoms with E-state index in [1.165, 1.54) is 22.3 Å². The van der Waals surface area contributed by atoms with Gasteiger partial charge >= 0.3 is 0 Å². The quantitative estimate of drug-likeness (QED) is 0.0997. The van der Waals surface area contributed by atoms with Gasteiger partial charge in [-0.05, 0) is 70.8 Å². The standard InChI is InChI=1S/C38H38O7/c1-2-19-39-30-11-3-26(4-12-30)37(27-5-13-31(14-6-27)40-20-34-23-43-34)38(28-7-15-32(16-8-28)41-21-35-24-44-35)29-9-17-33(18-10-29)42-22-36-25-45-36/h2-18,34-38H,1,19-25H2. The van der Waals surface area contributed by atoms with E-state index in [0.717, 1.165) is 42.8 Å². The predicted octanol–water partition coefficient (Wildman–Crippen LogP) is 6.55. The Balaban J connectivity index is 1.24. The van der Waals surface area contributed by atoms with Crippen LogP contribution in [-0.4, -0.2) is 64.6 Å². The molecule has 0 amide bonds. The Kier molecular flexibility index (Phi) is 9.00. The molecule has 232 valence electrons. The van der Waals surface area contributed by atoms with Crippen LogP contribution in [0.2, 0.25) is 0 Å². The van der Waals surface area contributed by atoms with E-state index in [0.29, 0.717) is 26.4 Å². The highest BCUT2D eigenvalue weighted by Crippen LogP contribution is 2.44. The summed E-state index contributed by atoms with van der Waals surface area (Å²) in [5.41, 5.74) is 4.69. The Bertz CT molecular complexity index is 1460. The van der Waals surface area contributed by atoms with Crippen molar-refractivity contribution < 1.29 is 33.2 Å². The van der Waals surface area contributed by atoms with Crippen molar-refractivity contribution in [1.82, 2.24) is 0 Å². The second kappa shape index (κ2) is 13.8. The van der Waals surface area contributed by atoms with Crippen molar-refractivity contribution in [2.75, 3.05) is 46.2 Å². The smallest absolute Gasteiger partial charge is 0.119 e. The normalized spacial score (nSPS) is 20.8. The number of hydrogen-bond donors (Lipinski definition) is 0. The van der Waals surface area contributed by atoms with Crippen LogP contribution in [0.25, 0.3) is 0 Å². The molecule has 0 aliphatic carbocycles. The first kappa shape index (κ1) is 29.4. The molecule has 0 saturated carbocycles. The lowest BCUT2D eigenvalue weighted by atomic mass is 9.73. The van der Waals surface area contributed by atoms with E-state index in [2.05, 4.69) is 91.5 Å². The Morgan fingerprint density at radius 3 is 1.00 bits per heavy atom. The van der Waals surface area contributed by atoms with E-state index in [4.69, 9.17) is 33.2 Å². The molecule has 0 N–H and O–H groups in total. The molecule has 45 heavy (non-hydrogen) atoms. The molecule has 3 saturated heterocycles. The fourth-order valence-electron chi connectivity index (χ4n) is 5.46. The van der Waals surface area contributed by atoms with Gasteiger partial charge < -0.3 is 33.2 Å². The third-order valence-corrected chi connectivity index (χ3v) is 8.17. The fraction of sp³-hybridized carbons (Fsp3) is 0.316. The van der Waals surface area contributed by atoms with Crippen LogP contribution in [-0.2, 0) is 14.2 Å². The first-order chi connectivity index (χ1) is 22.2. The zero-order chi connectivity index (χ0) is 30.4. The topological polar surface area (TPSA) is 74.5 Å². The molecule has 4 aromatic carbocycles. The van der Waals surface area contributed by atoms with E-state index in [-0.39, 0.29) is 30.1 Å². The van der Waals surface area contributed by atoms with E-state index in [1.807, 2.05) is 12.1 Å². The molecule has 7 heteroatoms. The Morgan fingerprint density at radius 1 is 0.489 bits per heavy atom. The van der Waals surface area contributed by atoms with Gasteiger partial charge in [-0.1, -0.05) is 61.2 Å². The second-order valence-electron chi connectivity index (χ2n) is 11.6. The lowest BCUT2D eigenvalue weighted by Crippen LogP contribution is -2.15. The maximum atomic E-state index is 5.97. The van der Waals surface area contributed by atoms with Gasteiger partial charge in [-0.25, -0.2) is 0 Å². The summed E-state index contributed by atoms with van der Waals surface area (Å²) < 4.78 is 39.7. The molecule has 4 aromatic rings. The molecule has 7 nitrogen and oxygen atoms in total. The highest BCUT2D eigenvalue weighted by Gasteiger charge is 2.30. The third kappa shape index (κ3) is 8.05. The van der Waals surface area contributed by atoms with E-state index < -0.39 is 0 Å². The Labute approximate surface area is 264 Å². The number of ether oxygens (including phenoxy) is 7. The van der Waals surface area contributed by atoms with E-state index in [9.17, 15) is 0 Å². The van der Waals surface area contributed by atoms with E-state index in [1.54, 1.807) is 6.08 Å². The van der Waals surface area contributed by atoms with Crippen LogP contribution in [0, 0.1) is 0 Å². The number of benzene rings is 4. The summed E-state index contributed by atoms with van der Waals surface area (Å²) in [6.45, 7) is 8.25. The van der Waals surface area contributed by atoms with Crippen molar-refractivity contribution in [2.45, 2.75) is 30.1 Å². The van der Waals surface area contributed by atoms with Gasteiger partial charge in [0.2, 0.25) is 0 Å². The Morgan fingerprint density at radius 2 is 0.756 bits per heavy atom. The molecule has 3 aliphatic rings. The molecule has 0 aromatic heterocycles. The van der Waals surface area contributed by atoms with Crippen LogP contribution >= 0.6 is 0 Å². The maximum absolute atomic E-state index is 5.97. The van der Waals surface area contributed by atoms with Crippen LogP contribution in [0.5, 0.6) is 23.0 Å². The first-order valence-electron chi connectivity index (χ1n) is 15.6. The first-order valence-corrected chi connectivity index (χ1v) is 15.6. The van der Waals surface area contributed by atoms with Gasteiger partial charge in [-0.15, -0.1) is 0 Å². The average Bonchev–Trinajstić information content (AvgIpc) is 3.93. The van der Waals surface area contributed by atoms with Gasteiger partial charge in [0.15, 0.2) is 0 Å². The van der Waals surface area contributed by atoms with Crippen LogP contribution in [0.15, 0.2) is 110 Å². The van der Waals surface area contributed by atoms with Crippen molar-refractivity contribution in [3.8, 4) is 23.0 Å². The predicted molar refractivity (Wildman–Crippen MR) is 171 cm³/mol. The van der Waals surface area contributed by atoms with Gasteiger partial charge in [0.1, 0.15) is 67.7 Å². The molecule has 4 unspecified atom stereocenters. The summed E-state index contributed by atoms with van der Waals surface area (Å²) in [5.74, 6) is 3.28. The average molecular weight is 607 g/mol. The molecule has 7 rings (SSSR count). The van der Waals surface area contributed by atoms with Gasteiger partial charge in [-0.2, -0.15) is 0 Å². The lowest BCUT2D eigenvalue weighted by Gasteiger charge is -2.30. The summed E-state index contributed by atoms with van der Waals surface area (Å²) in [6, 6.07) is 33.7. The minimum absolute atomic E-state index is 0.0155. The number of hydrogen-bond acceptors (Lipinski definition) is 7. The zero-order valence-electron chi connectivity index (χ0n) is 25.2. The van der Waals surface area contributed by atoms with Gasteiger partial charge in [0, 0.05) is 11.8 Å². The van der Waals surface area contributed by atoms with Gasteiger partial charge in [0.25, 0.3) is 0 Å². The van der Waals surface area contributed by atoms with Crippen LogP contribution in [0.3, 0.4) is 0 Å². The summed E-state index contributed by atoms with van der Waals surface area (Å²) in [7, 11) is 0. The van der Waals surface area contributed by atoms with Crippen LogP contribution in [0.4, 0.5) is 0 Å². The highest BCUT2D eigenvalue weighted by atomic mass is 16.6. The second-order valence-corrected chi connectivity index (χ2v) is 11.6. The van der Waals surface area contributed by atoms with Crippen molar-refractivity contribution in [2.24, 2.45) is 0 Å². The van der Waals surface area contributed by atoms with Crippen molar-refractivity contribution in [3.63, 3.8) is 0 Å². The van der Waals surface area contributed by atoms with Crippen molar-refractivity contribution in [1.29, 1.82) is 0 Å². The third-order valence-electron chi connectivity index (χ3n) is 8.17. The van der Waals surface area contributed by atoms with Crippen molar-refractivity contribution >= 4 is 0 Å². The minimum Gasteiger partial charge on any atom is -0.491 e. The molecular weight excluding hydrogens is 568 g/mol. The molecule has 3 aliphatic heterocycles. The van der Waals surface area contributed by atoms with E-state index >= 15 is 0 Å². The lowest BCUT2D eigenvalue weighted by molar-refractivity contribution is 0.263. The van der Waals surface area contributed by atoms with Crippen LogP contribution < -0.4 is 18.9 Å². The SMILES string of the molecule is C=CCOc1ccc(C(c2ccc(OCC3CO3)cc2)C(c2ccc(OCC3CO3)cc2)c2ccc(OCC3CO3)cc2)cc1. The molecule has 0 bridgehead atoms. The summed E-state index contributed by atoms with van der Waals surface area (Å²) in [6.07, 6.45) is 2.37. The molecule has 4 atom stereocenters. The number of epoxide rings is 3. The molecular formula is C38H38O7. The largest absolute Gasteiger partial charge is 0.491 e. The fourth-order valence-corrected chi connectivity index (χ4v) is 5.46. The molecule has 3 fully saturated rings. The molecule has 0 spiro atoms. The molecule has 3 heterocycles. The zero-order valence-corrected chi connectivity index (χ0v) is 25.2. The summed E-state index contributed by atoms with van der Waals surface area (Å²) in [4.78, 5) is 0. The minimum atomic E-state index is -0.0162. The van der Waals surface area contributed by atoms with Crippen molar-refractivity contribution in [3.05, 3.63) is 132 Å². The Hall–Kier alpha value is -4.30. The van der Waals surface area contributed by atoms with Gasteiger partial charge in [-0.3, -0.25) is 0 Å². The molecule has 0 radical (unpaired) electrons. The van der Waals surface area contributed by atoms with Gasteiger partial charge in [0.05, 0.1) is 19.8 Å². The summed E-state index contributed by atoms with van der Waals surface area (Å²) >= 11 is 0. The summed E-state index contributed by atoms with van der Waals surface area (Å²) in [5, 5.41) is 0. The maximum Gasteiger partial charge on any atom is 0.119 e.